The number of hydrogen-bond acceptors (Lipinski definition) is 3. The Hall–Kier alpha value is -0.340. The van der Waals surface area contributed by atoms with Crippen LogP contribution in [0.15, 0.2) is 0 Å². The number of alkyl halides is 3. The molecule has 1 rings (SSSR count). The van der Waals surface area contributed by atoms with E-state index in [1.54, 1.807) is 0 Å². The van der Waals surface area contributed by atoms with Crippen LogP contribution in [-0.2, 0) is 10.0 Å². The average molecular weight is 231 g/mol. The minimum absolute atomic E-state index is 0.161. The molecule has 0 amide bonds. The molecular formula is C6H10F3N2O2S-. The number of halogens is 3. The van der Waals surface area contributed by atoms with E-state index in [2.05, 4.69) is 7.05 Å². The van der Waals surface area contributed by atoms with Gasteiger partial charge in [0.15, 0.2) is 0 Å². The number of nitrogens with zero attached hydrogens (tertiary/aromatic N) is 2. The van der Waals surface area contributed by atoms with Crippen LogP contribution in [0.1, 0.15) is 0 Å². The molecule has 0 bridgehead atoms. The Labute approximate surface area is 80.3 Å². The Bertz CT molecular complexity index is 293. The zero-order chi connectivity index (χ0) is 11.0. The van der Waals surface area contributed by atoms with Crippen LogP contribution >= 0.6 is 0 Å². The third-order valence-electron chi connectivity index (χ3n) is 1.96. The Morgan fingerprint density at radius 2 is 1.50 bits per heavy atom. The molecule has 0 spiro atoms. The van der Waals surface area contributed by atoms with E-state index in [1.807, 2.05) is 0 Å². The fourth-order valence-corrected chi connectivity index (χ4v) is 2.05. The van der Waals surface area contributed by atoms with Gasteiger partial charge in [-0.05, 0) is 13.1 Å². The lowest BCUT2D eigenvalue weighted by atomic mass is 10.4. The molecule has 1 heterocycles. The third-order valence-corrected chi connectivity index (χ3v) is 3.59. The lowest BCUT2D eigenvalue weighted by Gasteiger charge is -2.36. The largest absolute Gasteiger partial charge is 0.511 e. The maximum absolute atomic E-state index is 12.1. The van der Waals surface area contributed by atoms with Crippen LogP contribution in [0.4, 0.5) is 13.2 Å². The quantitative estimate of drug-likeness (QED) is 0.607. The molecule has 1 saturated heterocycles. The second kappa shape index (κ2) is 3.67. The van der Waals surface area contributed by atoms with Crippen LogP contribution < -0.4 is 0 Å². The highest BCUT2D eigenvalue weighted by Gasteiger charge is 2.49. The third kappa shape index (κ3) is 2.18. The molecule has 0 aromatic carbocycles. The van der Waals surface area contributed by atoms with Crippen LogP contribution in [0.3, 0.4) is 0 Å². The topological polar surface area (TPSA) is 40.6 Å². The molecule has 0 aliphatic carbocycles. The first kappa shape index (κ1) is 11.7. The molecule has 0 N–H and O–H groups in total. The van der Waals surface area contributed by atoms with Gasteiger partial charge in [0.2, 0.25) is 0 Å². The average Bonchev–Trinajstić information content (AvgIpc) is 2.03. The van der Waals surface area contributed by atoms with Gasteiger partial charge >= 0.3 is 15.5 Å². The van der Waals surface area contributed by atoms with Gasteiger partial charge in [0.1, 0.15) is 0 Å². The smallest absolute Gasteiger partial charge is 0.457 e. The summed E-state index contributed by atoms with van der Waals surface area (Å²) in [6, 6.07) is 0. The first-order chi connectivity index (χ1) is 6.25. The monoisotopic (exact) mass is 231 g/mol. The molecule has 14 heavy (non-hydrogen) atoms. The van der Waals surface area contributed by atoms with Crippen molar-refractivity contribution in [3.63, 3.8) is 0 Å². The number of rotatable bonds is 1. The van der Waals surface area contributed by atoms with Gasteiger partial charge in [0.25, 0.3) is 0 Å². The second-order valence-electron chi connectivity index (χ2n) is 2.97. The highest BCUT2D eigenvalue weighted by Crippen LogP contribution is 2.27. The zero-order valence-corrected chi connectivity index (χ0v) is 8.11. The van der Waals surface area contributed by atoms with Crippen molar-refractivity contribution in [2.24, 2.45) is 0 Å². The van der Waals surface area contributed by atoms with Gasteiger partial charge < -0.3 is 4.90 Å². The van der Waals surface area contributed by atoms with Crippen molar-refractivity contribution in [2.75, 3.05) is 26.2 Å². The van der Waals surface area contributed by atoms with Crippen molar-refractivity contribution in [3.05, 3.63) is 7.05 Å². The van der Waals surface area contributed by atoms with Gasteiger partial charge in [0.05, 0.1) is 0 Å². The summed E-state index contributed by atoms with van der Waals surface area (Å²) in [7, 11) is -1.64. The molecule has 0 radical (unpaired) electrons. The molecule has 1 aliphatic rings. The molecule has 1 fully saturated rings. The Balaban J connectivity index is 2.76. The fraction of sp³-hybridized carbons (Fsp3) is 0.833. The zero-order valence-electron chi connectivity index (χ0n) is 7.29. The Morgan fingerprint density at radius 3 is 1.86 bits per heavy atom. The summed E-state index contributed by atoms with van der Waals surface area (Å²) >= 11 is 0. The van der Waals surface area contributed by atoms with Gasteiger partial charge in [-0.2, -0.15) is 17.5 Å². The SMILES string of the molecule is [CH2-]N1CCN(S(=O)(=O)C(F)(F)F)CC1. The van der Waals surface area contributed by atoms with Crippen molar-refractivity contribution in [3.8, 4) is 0 Å². The minimum atomic E-state index is -5.20. The van der Waals surface area contributed by atoms with E-state index in [-0.39, 0.29) is 26.2 Å². The first-order valence-electron chi connectivity index (χ1n) is 3.87. The van der Waals surface area contributed by atoms with Crippen LogP contribution in [-0.4, -0.2) is 49.3 Å². The van der Waals surface area contributed by atoms with E-state index in [9.17, 15) is 21.6 Å². The van der Waals surface area contributed by atoms with Gasteiger partial charge in [-0.15, -0.1) is 0 Å². The van der Waals surface area contributed by atoms with Crippen molar-refractivity contribution < 1.29 is 21.6 Å². The van der Waals surface area contributed by atoms with Crippen molar-refractivity contribution in [1.82, 2.24) is 9.21 Å². The summed E-state index contributed by atoms with van der Waals surface area (Å²) in [5.74, 6) is 0. The van der Waals surface area contributed by atoms with Gasteiger partial charge in [-0.1, -0.05) is 0 Å². The van der Waals surface area contributed by atoms with Gasteiger partial charge in [-0.25, -0.2) is 8.42 Å². The van der Waals surface area contributed by atoms with Crippen LogP contribution in [0.25, 0.3) is 0 Å². The minimum Gasteiger partial charge on any atom is -0.457 e. The van der Waals surface area contributed by atoms with Crippen LogP contribution in [0, 0.1) is 7.05 Å². The van der Waals surface area contributed by atoms with Crippen LogP contribution in [0.2, 0.25) is 0 Å². The number of hydrogen-bond donors (Lipinski definition) is 0. The van der Waals surface area contributed by atoms with E-state index in [1.165, 1.54) is 4.90 Å². The summed E-state index contributed by atoms with van der Waals surface area (Å²) in [5, 5.41) is 0. The van der Waals surface area contributed by atoms with E-state index >= 15 is 0 Å². The molecular weight excluding hydrogens is 221 g/mol. The molecule has 0 aromatic rings. The second-order valence-corrected chi connectivity index (χ2v) is 4.90. The summed E-state index contributed by atoms with van der Waals surface area (Å²) < 4.78 is 58.4. The van der Waals surface area contributed by atoms with Crippen molar-refractivity contribution in [2.45, 2.75) is 5.51 Å². The summed E-state index contributed by atoms with van der Waals surface area (Å²) in [6.07, 6.45) is 0. The predicted molar refractivity (Wildman–Crippen MR) is 43.5 cm³/mol. The molecule has 84 valence electrons. The molecule has 4 nitrogen and oxygen atoms in total. The normalized spacial score (nSPS) is 22.6. The van der Waals surface area contributed by atoms with Gasteiger partial charge in [-0.3, -0.25) is 7.05 Å². The molecule has 8 heteroatoms. The number of sulfonamides is 1. The van der Waals surface area contributed by atoms with E-state index in [4.69, 9.17) is 0 Å². The van der Waals surface area contributed by atoms with Gasteiger partial charge in [0, 0.05) is 13.1 Å². The highest BCUT2D eigenvalue weighted by molar-refractivity contribution is 7.90. The summed E-state index contributed by atoms with van der Waals surface area (Å²) in [5.41, 5.74) is -5.20. The van der Waals surface area contributed by atoms with Crippen LogP contribution in [0.5, 0.6) is 0 Å². The first-order valence-corrected chi connectivity index (χ1v) is 5.31. The summed E-state index contributed by atoms with van der Waals surface area (Å²) in [6.45, 7) is 0.112. The maximum Gasteiger partial charge on any atom is 0.511 e. The van der Waals surface area contributed by atoms with Crippen molar-refractivity contribution >= 4 is 10.0 Å². The maximum atomic E-state index is 12.1. The predicted octanol–water partition coefficient (Wildman–Crippen LogP) is 0.245. The Kier molecular flexibility index (Phi) is 3.07. The Morgan fingerprint density at radius 1 is 1.07 bits per heavy atom. The highest BCUT2D eigenvalue weighted by atomic mass is 32.2. The lowest BCUT2D eigenvalue weighted by Crippen LogP contribution is -2.50. The van der Waals surface area contributed by atoms with E-state index < -0.39 is 15.5 Å². The molecule has 0 unspecified atom stereocenters. The molecule has 0 aromatic heterocycles. The standard InChI is InChI=1S/C6H10F3N2O2S/c1-10-2-4-11(5-3-10)14(12,13)6(7,8)9/h1-5H2/q-1. The van der Waals surface area contributed by atoms with E-state index in [0.717, 1.165) is 0 Å². The summed E-state index contributed by atoms with van der Waals surface area (Å²) in [4.78, 5) is 1.53. The number of piperazine rings is 1. The van der Waals surface area contributed by atoms with Crippen molar-refractivity contribution in [1.29, 1.82) is 0 Å². The van der Waals surface area contributed by atoms with E-state index in [0.29, 0.717) is 4.31 Å². The lowest BCUT2D eigenvalue weighted by molar-refractivity contribution is -0.0497. The molecule has 1 aliphatic heterocycles. The fourth-order valence-electron chi connectivity index (χ4n) is 1.12. The molecule has 0 saturated carbocycles. The molecule has 0 atom stereocenters.